The second-order valence-corrected chi connectivity index (χ2v) is 14.1. The fourth-order valence-corrected chi connectivity index (χ4v) is 9.09. The summed E-state index contributed by atoms with van der Waals surface area (Å²) >= 11 is 0. The summed E-state index contributed by atoms with van der Waals surface area (Å²) < 4.78 is 0. The van der Waals surface area contributed by atoms with Gasteiger partial charge < -0.3 is 0 Å². The van der Waals surface area contributed by atoms with Crippen molar-refractivity contribution in [3.05, 3.63) is 175 Å². The maximum atomic E-state index is 5.40. The molecule has 3 nitrogen and oxygen atoms in total. The Hall–Kier alpha value is -6.45. The Morgan fingerprint density at radius 3 is 2.19 bits per heavy atom. The molecule has 0 saturated carbocycles. The molecule has 2 unspecified atom stereocenters. The maximum absolute atomic E-state index is 5.40. The normalized spacial score (nSPS) is 16.8. The molecule has 11 rings (SSSR count). The zero-order chi connectivity index (χ0) is 34.2. The SMILES string of the molecule is C1=CC2c3ccccc3-c3c(c(-c4ccc(-c5ccc(-c6cc7cccnc7c7c6CCC=N7)c6ccccc56)cc4)nc4ccccc34)C2C=C1. The minimum absolute atomic E-state index is 0.223. The van der Waals surface area contributed by atoms with Crippen LogP contribution < -0.4 is 0 Å². The van der Waals surface area contributed by atoms with Crippen molar-refractivity contribution in [1.82, 2.24) is 9.97 Å². The van der Waals surface area contributed by atoms with E-state index in [0.29, 0.717) is 0 Å². The summed E-state index contributed by atoms with van der Waals surface area (Å²) in [4.78, 5) is 15.0. The third-order valence-corrected chi connectivity index (χ3v) is 11.4. The van der Waals surface area contributed by atoms with Crippen LogP contribution in [0.15, 0.2) is 163 Å². The van der Waals surface area contributed by atoms with Crippen LogP contribution in [0.1, 0.15) is 34.9 Å². The number of benzene rings is 6. The molecular weight excluding hydrogens is 631 g/mol. The number of pyridine rings is 2. The standard InChI is InChI=1S/C49H33N3/c1-2-13-35-34(12-1)33(25-26-38(35)43-29-32-11-9-27-50-48(32)49-41(43)19-10-28-51-49)30-21-23-31(24-22-30)47-46-40-17-6-4-15-37(40)36-14-3-5-16-39(36)45(46)42-18-7-8-20-44(42)52-47/h1-9,11-18,20-29,37,40H,10,19H2. The van der Waals surface area contributed by atoms with Crippen molar-refractivity contribution in [2.75, 3.05) is 0 Å². The van der Waals surface area contributed by atoms with Crippen LogP contribution in [-0.4, -0.2) is 16.2 Å². The number of aromatic nitrogens is 2. The molecule has 0 N–H and O–H groups in total. The summed E-state index contributed by atoms with van der Waals surface area (Å²) in [7, 11) is 0. The molecule has 3 aliphatic rings. The highest BCUT2D eigenvalue weighted by atomic mass is 14.8. The van der Waals surface area contributed by atoms with E-state index in [9.17, 15) is 0 Å². The van der Waals surface area contributed by atoms with E-state index in [0.717, 1.165) is 46.2 Å². The van der Waals surface area contributed by atoms with Gasteiger partial charge in [0.25, 0.3) is 0 Å². The highest BCUT2D eigenvalue weighted by molar-refractivity contribution is 6.08. The number of aliphatic imine (C=N–C) groups is 1. The topological polar surface area (TPSA) is 38.1 Å². The molecule has 0 bridgehead atoms. The van der Waals surface area contributed by atoms with Crippen LogP contribution >= 0.6 is 0 Å². The highest BCUT2D eigenvalue weighted by Gasteiger charge is 2.35. The van der Waals surface area contributed by atoms with Crippen molar-refractivity contribution in [3.8, 4) is 44.6 Å². The van der Waals surface area contributed by atoms with E-state index in [1.54, 1.807) is 0 Å². The molecule has 0 saturated heterocycles. The van der Waals surface area contributed by atoms with E-state index in [2.05, 4.69) is 146 Å². The van der Waals surface area contributed by atoms with Crippen molar-refractivity contribution in [1.29, 1.82) is 0 Å². The van der Waals surface area contributed by atoms with Crippen molar-refractivity contribution >= 4 is 44.5 Å². The van der Waals surface area contributed by atoms with Crippen LogP contribution in [0.25, 0.3) is 77.2 Å². The average molecular weight is 664 g/mol. The summed E-state index contributed by atoms with van der Waals surface area (Å²) in [5.41, 5.74) is 16.8. The van der Waals surface area contributed by atoms with Gasteiger partial charge >= 0.3 is 0 Å². The zero-order valence-corrected chi connectivity index (χ0v) is 28.5. The molecular formula is C49H33N3. The molecule has 3 heteroatoms. The average Bonchev–Trinajstić information content (AvgIpc) is 3.22. The molecule has 3 heterocycles. The second-order valence-electron chi connectivity index (χ2n) is 14.1. The van der Waals surface area contributed by atoms with Gasteiger partial charge in [0.15, 0.2) is 0 Å². The predicted octanol–water partition coefficient (Wildman–Crippen LogP) is 12.6. The zero-order valence-electron chi connectivity index (χ0n) is 28.5. The number of para-hydroxylation sites is 1. The van der Waals surface area contributed by atoms with Gasteiger partial charge in [-0.05, 0) is 91.9 Å². The van der Waals surface area contributed by atoms with Crippen molar-refractivity contribution in [2.45, 2.75) is 24.7 Å². The third kappa shape index (κ3) is 4.36. The molecule has 2 aliphatic carbocycles. The molecule has 2 aromatic heterocycles. The number of rotatable bonds is 3. The van der Waals surface area contributed by atoms with E-state index >= 15 is 0 Å². The lowest BCUT2D eigenvalue weighted by molar-refractivity contribution is 0.720. The Morgan fingerprint density at radius 2 is 1.31 bits per heavy atom. The van der Waals surface area contributed by atoms with Gasteiger partial charge in [-0.2, -0.15) is 0 Å². The first kappa shape index (κ1) is 29.3. The van der Waals surface area contributed by atoms with Crippen LogP contribution in [-0.2, 0) is 6.42 Å². The fourth-order valence-electron chi connectivity index (χ4n) is 9.09. The molecule has 6 aromatic carbocycles. The van der Waals surface area contributed by atoms with Crippen molar-refractivity contribution in [3.63, 3.8) is 0 Å². The van der Waals surface area contributed by atoms with Gasteiger partial charge in [0, 0.05) is 40.6 Å². The minimum atomic E-state index is 0.223. The largest absolute Gasteiger partial charge is 0.259 e. The summed E-state index contributed by atoms with van der Waals surface area (Å²) in [6, 6.07) is 46.6. The summed E-state index contributed by atoms with van der Waals surface area (Å²) in [6.45, 7) is 0. The number of allylic oxidation sites excluding steroid dienone is 4. The Balaban J connectivity index is 1.07. The van der Waals surface area contributed by atoms with Crippen molar-refractivity contribution in [2.24, 2.45) is 4.99 Å². The second kappa shape index (κ2) is 11.5. The van der Waals surface area contributed by atoms with Crippen LogP contribution in [0, 0.1) is 0 Å². The Bertz CT molecular complexity index is 2860. The van der Waals surface area contributed by atoms with Crippen LogP contribution in [0.2, 0.25) is 0 Å². The van der Waals surface area contributed by atoms with E-state index in [1.165, 1.54) is 66.2 Å². The summed E-state index contributed by atoms with van der Waals surface area (Å²) in [5.74, 6) is 0.510. The lowest BCUT2D eigenvalue weighted by atomic mass is 9.68. The van der Waals surface area contributed by atoms with Crippen LogP contribution in [0.3, 0.4) is 0 Å². The van der Waals surface area contributed by atoms with Gasteiger partial charge in [0.1, 0.15) is 0 Å². The van der Waals surface area contributed by atoms with Crippen molar-refractivity contribution < 1.29 is 0 Å². The molecule has 0 fully saturated rings. The summed E-state index contributed by atoms with van der Waals surface area (Å²) in [5, 5.41) is 4.83. The first-order chi connectivity index (χ1) is 25.8. The van der Waals surface area contributed by atoms with Crippen LogP contribution in [0.4, 0.5) is 5.69 Å². The molecule has 0 radical (unpaired) electrons. The monoisotopic (exact) mass is 663 g/mol. The number of hydrogen-bond donors (Lipinski definition) is 0. The third-order valence-electron chi connectivity index (χ3n) is 11.4. The smallest absolute Gasteiger partial charge is 0.0961 e. The van der Waals surface area contributed by atoms with Crippen LogP contribution in [0.5, 0.6) is 0 Å². The van der Waals surface area contributed by atoms with Gasteiger partial charge in [-0.3, -0.25) is 9.98 Å². The first-order valence-corrected chi connectivity index (χ1v) is 18.2. The molecule has 52 heavy (non-hydrogen) atoms. The van der Waals surface area contributed by atoms with Gasteiger partial charge in [-0.25, -0.2) is 4.98 Å². The Kier molecular flexibility index (Phi) is 6.50. The summed E-state index contributed by atoms with van der Waals surface area (Å²) in [6.07, 6.45) is 14.9. The molecule has 244 valence electrons. The van der Waals surface area contributed by atoms with E-state index in [1.807, 2.05) is 18.5 Å². The minimum Gasteiger partial charge on any atom is -0.259 e. The van der Waals surface area contributed by atoms with Gasteiger partial charge in [-0.15, -0.1) is 0 Å². The van der Waals surface area contributed by atoms with Gasteiger partial charge in [0.05, 0.1) is 22.4 Å². The maximum Gasteiger partial charge on any atom is 0.0961 e. The van der Waals surface area contributed by atoms with E-state index in [-0.39, 0.29) is 11.8 Å². The molecule has 0 amide bonds. The number of fused-ring (bicyclic) bond motifs is 12. The Labute approximate surface area is 302 Å². The Morgan fingerprint density at radius 1 is 0.577 bits per heavy atom. The molecule has 2 atom stereocenters. The van der Waals surface area contributed by atoms with E-state index in [4.69, 9.17) is 15.0 Å². The molecule has 1 aliphatic heterocycles. The fraction of sp³-hybridized carbons (Fsp3) is 0.0816. The highest BCUT2D eigenvalue weighted by Crippen LogP contribution is 2.54. The molecule has 0 spiro atoms. The predicted molar refractivity (Wildman–Crippen MR) is 217 cm³/mol. The van der Waals surface area contributed by atoms with E-state index < -0.39 is 0 Å². The lowest BCUT2D eigenvalue weighted by Crippen LogP contribution is -2.18. The first-order valence-electron chi connectivity index (χ1n) is 18.2. The number of nitrogens with zero attached hydrogens (tertiary/aromatic N) is 3. The van der Waals surface area contributed by atoms with Gasteiger partial charge in [-0.1, -0.05) is 133 Å². The van der Waals surface area contributed by atoms with Gasteiger partial charge in [0.2, 0.25) is 0 Å². The lowest BCUT2D eigenvalue weighted by Gasteiger charge is -2.35. The quantitative estimate of drug-likeness (QED) is 0.189. The number of hydrogen-bond acceptors (Lipinski definition) is 3. The molecule has 8 aromatic rings.